The smallest absolute Gasteiger partial charge is 0.482 e. The lowest BCUT2D eigenvalue weighted by molar-refractivity contribution is -0.274. The number of amides is 3. The lowest BCUT2D eigenvalue weighted by Crippen LogP contribution is -2.60. The number of ether oxygens (including phenoxy) is 2. The van der Waals surface area contributed by atoms with Gasteiger partial charge >= 0.3 is 6.36 Å². The maximum Gasteiger partial charge on any atom is 0.573 e. The molecule has 4 rings (SSSR count). The maximum atomic E-state index is 13.0. The Hall–Kier alpha value is -2.99. The van der Waals surface area contributed by atoms with Gasteiger partial charge in [0.25, 0.3) is 11.8 Å². The third kappa shape index (κ3) is 5.22. The van der Waals surface area contributed by atoms with Crippen LogP contribution in [0.4, 0.5) is 18.9 Å². The molecular formula is C21H16BrClF3N3O5. The summed E-state index contributed by atoms with van der Waals surface area (Å²) < 4.78 is 46.8. The Balaban J connectivity index is 1.40. The fourth-order valence-corrected chi connectivity index (χ4v) is 4.26. The van der Waals surface area contributed by atoms with E-state index < -0.39 is 36.6 Å². The zero-order valence-electron chi connectivity index (χ0n) is 17.2. The van der Waals surface area contributed by atoms with E-state index in [0.29, 0.717) is 15.7 Å². The Morgan fingerprint density at radius 3 is 2.65 bits per heavy atom. The molecule has 1 fully saturated rings. The molecule has 1 atom stereocenters. The molecule has 0 bridgehead atoms. The molecule has 2 aromatic rings. The van der Waals surface area contributed by atoms with Crippen LogP contribution >= 0.6 is 27.5 Å². The van der Waals surface area contributed by atoms with Gasteiger partial charge in [-0.2, -0.15) is 0 Å². The van der Waals surface area contributed by atoms with E-state index in [0.717, 1.165) is 18.2 Å². The van der Waals surface area contributed by atoms with Crippen molar-refractivity contribution in [2.75, 3.05) is 31.6 Å². The number of benzene rings is 2. The Morgan fingerprint density at radius 1 is 1.18 bits per heavy atom. The minimum atomic E-state index is -4.87. The molecule has 2 aromatic carbocycles. The molecule has 0 spiro atoms. The van der Waals surface area contributed by atoms with E-state index >= 15 is 0 Å². The zero-order chi connectivity index (χ0) is 24.6. The van der Waals surface area contributed by atoms with Gasteiger partial charge in [0.05, 0.1) is 22.8 Å². The topological polar surface area (TPSA) is 88.2 Å². The van der Waals surface area contributed by atoms with Gasteiger partial charge in [-0.15, -0.1) is 13.2 Å². The Kier molecular flexibility index (Phi) is 6.63. The van der Waals surface area contributed by atoms with E-state index in [4.69, 9.17) is 16.3 Å². The van der Waals surface area contributed by atoms with Gasteiger partial charge in [0.15, 0.2) is 6.61 Å². The van der Waals surface area contributed by atoms with Crippen molar-refractivity contribution < 1.29 is 37.0 Å². The van der Waals surface area contributed by atoms with Gasteiger partial charge in [0, 0.05) is 23.6 Å². The van der Waals surface area contributed by atoms with E-state index in [9.17, 15) is 27.6 Å². The summed E-state index contributed by atoms with van der Waals surface area (Å²) in [4.78, 5) is 41.3. The second kappa shape index (κ2) is 9.34. The van der Waals surface area contributed by atoms with Crippen LogP contribution in [0.5, 0.6) is 11.5 Å². The van der Waals surface area contributed by atoms with Crippen LogP contribution < -0.4 is 14.8 Å². The van der Waals surface area contributed by atoms with Gasteiger partial charge in [-0.05, 0) is 30.3 Å². The fourth-order valence-electron chi connectivity index (χ4n) is 3.68. The highest BCUT2D eigenvalue weighted by atomic mass is 79.9. The molecule has 34 heavy (non-hydrogen) atoms. The summed E-state index contributed by atoms with van der Waals surface area (Å²) in [5, 5.41) is 2.56. The Bertz CT molecular complexity index is 1160. The summed E-state index contributed by atoms with van der Waals surface area (Å²) >= 11 is 9.25. The first-order valence-corrected chi connectivity index (χ1v) is 11.1. The van der Waals surface area contributed by atoms with Crippen LogP contribution in [-0.2, 0) is 9.59 Å². The Labute approximate surface area is 204 Å². The second-order valence-corrected chi connectivity index (χ2v) is 8.78. The van der Waals surface area contributed by atoms with Crippen molar-refractivity contribution in [1.82, 2.24) is 9.80 Å². The van der Waals surface area contributed by atoms with Crippen molar-refractivity contribution in [1.29, 1.82) is 0 Å². The SMILES string of the molecule is O=C1Nc2ccc(Br)cc2C(=O)N2CCN(C(=O)COc3ccc(OC(F)(F)F)cc3Cl)CC12. The standard InChI is InChI=1S/C21H16BrClF3N3O5/c22-11-1-3-15-13(7-11)20(32)29-6-5-28(9-16(29)19(31)27-15)18(30)10-33-17-4-2-12(8-14(17)23)34-21(24,25)26/h1-4,7-8,16H,5-6,9-10H2,(H,27,31). The largest absolute Gasteiger partial charge is 0.573 e. The summed E-state index contributed by atoms with van der Waals surface area (Å²) in [6.45, 7) is -0.193. The van der Waals surface area contributed by atoms with Crippen molar-refractivity contribution in [3.05, 3.63) is 51.5 Å². The summed E-state index contributed by atoms with van der Waals surface area (Å²) in [7, 11) is 0. The minimum Gasteiger partial charge on any atom is -0.482 e. The number of carbonyl (C=O) groups excluding carboxylic acids is 3. The number of nitrogens with zero attached hydrogens (tertiary/aromatic N) is 2. The van der Waals surface area contributed by atoms with E-state index in [1.54, 1.807) is 18.2 Å². The number of carbonyl (C=O) groups is 3. The molecule has 2 aliphatic heterocycles. The molecule has 180 valence electrons. The predicted octanol–water partition coefficient (Wildman–Crippen LogP) is 3.69. The van der Waals surface area contributed by atoms with Crippen molar-refractivity contribution in [3.8, 4) is 11.5 Å². The van der Waals surface area contributed by atoms with Crippen molar-refractivity contribution in [3.63, 3.8) is 0 Å². The minimum absolute atomic E-state index is 0.00779. The molecule has 0 aliphatic carbocycles. The summed E-state index contributed by atoms with van der Waals surface area (Å²) in [6, 6.07) is 7.15. The molecule has 2 heterocycles. The molecular weight excluding hydrogens is 547 g/mol. The van der Waals surface area contributed by atoms with Crippen LogP contribution in [0, 0.1) is 0 Å². The van der Waals surface area contributed by atoms with Crippen LogP contribution in [0.2, 0.25) is 5.02 Å². The lowest BCUT2D eigenvalue weighted by atomic mass is 10.1. The monoisotopic (exact) mass is 561 g/mol. The van der Waals surface area contributed by atoms with Gasteiger partial charge in [0.1, 0.15) is 17.5 Å². The third-order valence-electron chi connectivity index (χ3n) is 5.25. The van der Waals surface area contributed by atoms with E-state index in [-0.39, 0.29) is 36.3 Å². The zero-order valence-corrected chi connectivity index (χ0v) is 19.5. The Morgan fingerprint density at radius 2 is 1.94 bits per heavy atom. The van der Waals surface area contributed by atoms with E-state index in [2.05, 4.69) is 26.0 Å². The van der Waals surface area contributed by atoms with E-state index in [1.807, 2.05) is 0 Å². The summed E-state index contributed by atoms with van der Waals surface area (Å²) in [5.41, 5.74) is 0.738. The number of hydrogen-bond donors (Lipinski definition) is 1. The molecule has 3 amide bonds. The van der Waals surface area contributed by atoms with Crippen molar-refractivity contribution in [2.24, 2.45) is 0 Å². The van der Waals surface area contributed by atoms with Crippen LogP contribution in [0.15, 0.2) is 40.9 Å². The number of alkyl halides is 3. The normalized spacial score (nSPS) is 18.0. The van der Waals surface area contributed by atoms with Crippen LogP contribution in [0.3, 0.4) is 0 Å². The first kappa shape index (κ1) is 24.1. The summed E-state index contributed by atoms with van der Waals surface area (Å²) in [6.07, 6.45) is -4.87. The number of halogens is 5. The molecule has 0 saturated carbocycles. The average molecular weight is 563 g/mol. The van der Waals surface area contributed by atoms with Gasteiger partial charge in [-0.3, -0.25) is 14.4 Å². The molecule has 1 saturated heterocycles. The number of anilines is 1. The highest BCUT2D eigenvalue weighted by Gasteiger charge is 2.40. The first-order valence-electron chi connectivity index (χ1n) is 9.89. The van der Waals surface area contributed by atoms with Gasteiger partial charge in [-0.1, -0.05) is 27.5 Å². The maximum absolute atomic E-state index is 13.0. The number of fused-ring (bicyclic) bond motifs is 2. The number of piperazine rings is 1. The highest BCUT2D eigenvalue weighted by Crippen LogP contribution is 2.32. The molecule has 13 heteroatoms. The van der Waals surface area contributed by atoms with Gasteiger partial charge in [-0.25, -0.2) is 0 Å². The van der Waals surface area contributed by atoms with Gasteiger partial charge < -0.3 is 24.6 Å². The third-order valence-corrected chi connectivity index (χ3v) is 6.04. The first-order chi connectivity index (χ1) is 16.0. The second-order valence-electron chi connectivity index (χ2n) is 7.46. The van der Waals surface area contributed by atoms with Gasteiger partial charge in [0.2, 0.25) is 5.91 Å². The quantitative estimate of drug-likeness (QED) is 0.614. The number of hydrogen-bond acceptors (Lipinski definition) is 5. The van der Waals surface area contributed by atoms with Crippen LogP contribution in [0.1, 0.15) is 10.4 Å². The van der Waals surface area contributed by atoms with Crippen LogP contribution in [-0.4, -0.2) is 66.2 Å². The van der Waals surface area contributed by atoms with E-state index in [1.165, 1.54) is 9.80 Å². The molecule has 2 aliphatic rings. The average Bonchev–Trinajstić information content (AvgIpc) is 2.86. The van der Waals surface area contributed by atoms with Crippen molar-refractivity contribution in [2.45, 2.75) is 12.4 Å². The fraction of sp³-hybridized carbons (Fsp3) is 0.286. The molecule has 8 nitrogen and oxygen atoms in total. The lowest BCUT2D eigenvalue weighted by Gasteiger charge is -2.39. The highest BCUT2D eigenvalue weighted by molar-refractivity contribution is 9.10. The molecule has 0 aromatic heterocycles. The molecule has 1 unspecified atom stereocenters. The number of rotatable bonds is 4. The number of nitrogens with one attached hydrogen (secondary N) is 1. The summed E-state index contributed by atoms with van der Waals surface area (Å²) in [5.74, 6) is -1.75. The predicted molar refractivity (Wildman–Crippen MR) is 118 cm³/mol. The van der Waals surface area contributed by atoms with Crippen molar-refractivity contribution >= 4 is 50.9 Å². The molecule has 0 radical (unpaired) electrons. The van der Waals surface area contributed by atoms with Crippen LogP contribution in [0.25, 0.3) is 0 Å². The molecule has 1 N–H and O–H groups in total.